The molecule has 0 atom stereocenters. The molecule has 11 nitrogen and oxygen atoms in total. The van der Waals surface area contributed by atoms with Gasteiger partial charge >= 0.3 is 0 Å². The number of allylic oxidation sites excluding steroid dienone is 1. The van der Waals surface area contributed by atoms with E-state index in [4.69, 9.17) is 9.84 Å². The van der Waals surface area contributed by atoms with Gasteiger partial charge < -0.3 is 15.2 Å². The maximum Gasteiger partial charge on any atom is 0.245 e. The van der Waals surface area contributed by atoms with Gasteiger partial charge in [-0.15, -0.1) is 0 Å². The molecule has 2 aromatic heterocycles. The zero-order valence-corrected chi connectivity index (χ0v) is 22.3. The number of aromatic nitrogens is 4. The Balaban J connectivity index is 1.16. The molecule has 39 heavy (non-hydrogen) atoms. The van der Waals surface area contributed by atoms with Crippen LogP contribution < -0.4 is 10.1 Å². The summed E-state index contributed by atoms with van der Waals surface area (Å²) in [6.07, 6.45) is 5.37. The number of hydrogen-bond acceptors (Lipinski definition) is 10. The highest BCUT2D eigenvalue weighted by molar-refractivity contribution is 6.22. The smallest absolute Gasteiger partial charge is 0.245 e. The van der Waals surface area contributed by atoms with Crippen molar-refractivity contribution in [1.29, 1.82) is 0 Å². The molecule has 2 fully saturated rings. The van der Waals surface area contributed by atoms with Crippen LogP contribution in [0.25, 0.3) is 16.9 Å². The van der Waals surface area contributed by atoms with Crippen LogP contribution in [0.4, 0.5) is 0 Å². The van der Waals surface area contributed by atoms with E-state index in [1.165, 1.54) is 6.33 Å². The van der Waals surface area contributed by atoms with E-state index >= 15 is 0 Å². The van der Waals surface area contributed by atoms with Crippen molar-refractivity contribution in [2.24, 2.45) is 0 Å². The minimum atomic E-state index is -0.141. The number of rotatable bonds is 10. The Morgan fingerprint density at radius 1 is 1.00 bits per heavy atom. The molecule has 1 aliphatic carbocycles. The molecule has 5 rings (SSSR count). The number of carbonyl (C=O) groups is 2. The first kappa shape index (κ1) is 26.9. The summed E-state index contributed by atoms with van der Waals surface area (Å²) in [5.74, 6) is 0.0720. The number of carbonyl (C=O) groups excluding carboxylic acids is 2. The third kappa shape index (κ3) is 6.16. The molecule has 0 bridgehead atoms. The van der Waals surface area contributed by atoms with Gasteiger partial charge in [-0.1, -0.05) is 12.1 Å². The van der Waals surface area contributed by atoms with Crippen molar-refractivity contribution in [2.75, 3.05) is 59.0 Å². The summed E-state index contributed by atoms with van der Waals surface area (Å²) >= 11 is 0. The number of ether oxygens (including phenoxy) is 1. The van der Waals surface area contributed by atoms with Gasteiger partial charge in [0.2, 0.25) is 5.88 Å². The monoisotopic (exact) mass is 533 g/mol. The number of benzene rings is 1. The Bertz CT molecular complexity index is 1310. The van der Waals surface area contributed by atoms with Crippen molar-refractivity contribution < 1.29 is 19.4 Å². The molecule has 1 saturated heterocycles. The number of Topliss-reactive ketones (excluding diaryl/α,β-unsaturated/α-hetero) is 2. The summed E-state index contributed by atoms with van der Waals surface area (Å²) in [4.78, 5) is 43.3. The molecule has 206 valence electrons. The minimum Gasteiger partial charge on any atom is -0.476 e. The van der Waals surface area contributed by atoms with Crippen molar-refractivity contribution in [1.82, 2.24) is 34.6 Å². The highest BCUT2D eigenvalue weighted by Crippen LogP contribution is 2.32. The Kier molecular flexibility index (Phi) is 8.60. The van der Waals surface area contributed by atoms with Crippen LogP contribution in [-0.4, -0.2) is 105 Å². The largest absolute Gasteiger partial charge is 0.476 e. The third-order valence-electron chi connectivity index (χ3n) is 7.39. The van der Waals surface area contributed by atoms with Crippen molar-refractivity contribution in [3.63, 3.8) is 0 Å². The number of piperazine rings is 1. The van der Waals surface area contributed by atoms with Crippen LogP contribution in [0.2, 0.25) is 0 Å². The van der Waals surface area contributed by atoms with Crippen molar-refractivity contribution >= 4 is 22.7 Å². The van der Waals surface area contributed by atoms with Gasteiger partial charge in [-0.2, -0.15) is 4.98 Å². The molecule has 0 radical (unpaired) electrons. The van der Waals surface area contributed by atoms with E-state index in [9.17, 15) is 9.59 Å². The van der Waals surface area contributed by atoms with Crippen molar-refractivity contribution in [3.8, 4) is 11.6 Å². The molecule has 2 aliphatic rings. The van der Waals surface area contributed by atoms with Gasteiger partial charge in [0.05, 0.1) is 18.8 Å². The summed E-state index contributed by atoms with van der Waals surface area (Å²) < 4.78 is 7.42. The van der Waals surface area contributed by atoms with Gasteiger partial charge in [0.15, 0.2) is 22.7 Å². The summed E-state index contributed by atoms with van der Waals surface area (Å²) in [6, 6.07) is 7.82. The molecule has 3 aromatic rings. The fourth-order valence-corrected chi connectivity index (χ4v) is 5.22. The lowest BCUT2D eigenvalue weighted by Crippen LogP contribution is -2.48. The van der Waals surface area contributed by atoms with Gasteiger partial charge in [0, 0.05) is 70.5 Å². The van der Waals surface area contributed by atoms with E-state index < -0.39 is 0 Å². The lowest BCUT2D eigenvalue weighted by Gasteiger charge is -2.34. The molecule has 0 unspecified atom stereocenters. The average Bonchev–Trinajstić information content (AvgIpc) is 3.39. The highest BCUT2D eigenvalue weighted by atomic mass is 16.5. The molecule has 1 aliphatic heterocycles. The first-order valence-electron chi connectivity index (χ1n) is 13.5. The normalized spacial score (nSPS) is 19.0. The summed E-state index contributed by atoms with van der Waals surface area (Å²) in [6.45, 7) is 8.62. The molecular formula is C28H35N7O4. The van der Waals surface area contributed by atoms with Gasteiger partial charge in [-0.05, 0) is 30.5 Å². The average molecular weight is 534 g/mol. The number of hydrogen-bond donors (Lipinski definition) is 2. The maximum absolute atomic E-state index is 12.9. The lowest BCUT2D eigenvalue weighted by atomic mass is 9.80. The molecule has 1 saturated carbocycles. The first-order chi connectivity index (χ1) is 19.1. The van der Waals surface area contributed by atoms with Crippen LogP contribution in [0.3, 0.4) is 0 Å². The molecule has 3 heterocycles. The van der Waals surface area contributed by atoms with E-state index in [0.29, 0.717) is 43.0 Å². The number of nitrogens with one attached hydrogen (secondary N) is 1. The van der Waals surface area contributed by atoms with Crippen LogP contribution in [0.15, 0.2) is 48.7 Å². The number of ketones is 2. The van der Waals surface area contributed by atoms with E-state index in [-0.39, 0.29) is 29.7 Å². The minimum absolute atomic E-state index is 0.119. The second-order valence-corrected chi connectivity index (χ2v) is 9.86. The van der Waals surface area contributed by atoms with Crippen LogP contribution in [-0.2, 0) is 9.59 Å². The Morgan fingerprint density at radius 2 is 1.69 bits per heavy atom. The lowest BCUT2D eigenvalue weighted by molar-refractivity contribution is -0.124. The Labute approximate surface area is 227 Å². The second-order valence-electron chi connectivity index (χ2n) is 9.86. The zero-order chi connectivity index (χ0) is 27.2. The van der Waals surface area contributed by atoms with E-state index in [1.807, 2.05) is 35.8 Å². The predicted octanol–water partition coefficient (Wildman–Crippen LogP) is 1.31. The number of nitrogens with zero attached hydrogens (tertiary/aromatic N) is 6. The SMILES string of the molecule is CCOc1ncnc2c1ncn2-c1ccc(C2CC(=O)C(=CNCCN3CCN(CCO)CC3)C(=O)C2)cc1. The van der Waals surface area contributed by atoms with Crippen molar-refractivity contribution in [2.45, 2.75) is 25.7 Å². The zero-order valence-electron chi connectivity index (χ0n) is 22.3. The molecular weight excluding hydrogens is 498 g/mol. The van der Waals surface area contributed by atoms with Crippen LogP contribution in [0.1, 0.15) is 31.2 Å². The number of β-amino-alcohol motifs (C(OH)–C–C–N with tert-alkyl or cyclic N) is 1. The predicted molar refractivity (Wildman–Crippen MR) is 146 cm³/mol. The summed E-state index contributed by atoms with van der Waals surface area (Å²) in [5.41, 5.74) is 3.35. The van der Waals surface area contributed by atoms with E-state index in [2.05, 4.69) is 30.1 Å². The van der Waals surface area contributed by atoms with Crippen LogP contribution >= 0.6 is 0 Å². The maximum atomic E-state index is 12.9. The Morgan fingerprint density at radius 3 is 2.36 bits per heavy atom. The van der Waals surface area contributed by atoms with Crippen LogP contribution in [0.5, 0.6) is 5.88 Å². The van der Waals surface area contributed by atoms with Gasteiger partial charge in [-0.3, -0.25) is 24.0 Å². The van der Waals surface area contributed by atoms with E-state index in [1.54, 1.807) is 12.5 Å². The fraction of sp³-hybridized carbons (Fsp3) is 0.464. The van der Waals surface area contributed by atoms with E-state index in [0.717, 1.165) is 50.5 Å². The second kappa shape index (κ2) is 12.5. The third-order valence-corrected chi connectivity index (χ3v) is 7.39. The quantitative estimate of drug-likeness (QED) is 0.224. The number of fused-ring (bicyclic) bond motifs is 1. The molecule has 0 spiro atoms. The summed E-state index contributed by atoms with van der Waals surface area (Å²) in [7, 11) is 0. The number of aliphatic hydroxyl groups is 1. The number of imidazole rings is 1. The van der Waals surface area contributed by atoms with Gasteiger partial charge in [0.1, 0.15) is 12.7 Å². The topological polar surface area (TPSA) is 126 Å². The highest BCUT2D eigenvalue weighted by Gasteiger charge is 2.31. The molecule has 11 heteroatoms. The van der Waals surface area contributed by atoms with Gasteiger partial charge in [-0.25, -0.2) is 9.97 Å². The molecule has 1 aromatic carbocycles. The summed E-state index contributed by atoms with van der Waals surface area (Å²) in [5, 5.41) is 12.2. The van der Waals surface area contributed by atoms with Gasteiger partial charge in [0.25, 0.3) is 0 Å². The van der Waals surface area contributed by atoms with Crippen molar-refractivity contribution in [3.05, 3.63) is 54.3 Å². The van der Waals surface area contributed by atoms with Crippen LogP contribution in [0, 0.1) is 0 Å². The Hall–Kier alpha value is -3.67. The first-order valence-corrected chi connectivity index (χ1v) is 13.5. The molecule has 0 amide bonds. The standard InChI is InChI=1S/C28H35N7O4/c1-2-39-28-26-27(30-18-31-28)35(19-32-26)22-5-3-20(4-6-22)21-15-24(37)23(25(38)16-21)17-29-7-8-33-9-11-34(12-10-33)13-14-36/h3-6,17-19,21,29,36H,2,7-16H2,1H3. The fourth-order valence-electron chi connectivity index (χ4n) is 5.22. The number of aliphatic hydroxyl groups excluding tert-OH is 1. The molecule has 2 N–H and O–H groups in total.